The fourth-order valence-electron chi connectivity index (χ4n) is 1.91. The van der Waals surface area contributed by atoms with Crippen molar-refractivity contribution >= 4 is 6.41 Å². The summed E-state index contributed by atoms with van der Waals surface area (Å²) in [6.45, 7) is 1.71. The Morgan fingerprint density at radius 2 is 2.54 bits per heavy atom. The number of nitrogens with zero attached hydrogens (tertiary/aromatic N) is 3. The van der Waals surface area contributed by atoms with Crippen molar-refractivity contribution in [2.75, 3.05) is 13.1 Å². The number of aromatic nitrogens is 2. The molecule has 0 spiro atoms. The predicted octanol–water partition coefficient (Wildman–Crippen LogP) is 0.366. The molecule has 1 fully saturated rings. The first kappa shape index (κ1) is 8.29. The summed E-state index contributed by atoms with van der Waals surface area (Å²) in [5.74, 6) is 0.470. The van der Waals surface area contributed by atoms with Gasteiger partial charge in [0.1, 0.15) is 0 Å². The van der Waals surface area contributed by atoms with Crippen LogP contribution in [0.1, 0.15) is 18.0 Å². The number of aryl methyl sites for hydroxylation is 1. The minimum Gasteiger partial charge on any atom is -0.345 e. The first-order valence-corrected chi connectivity index (χ1v) is 4.48. The summed E-state index contributed by atoms with van der Waals surface area (Å²) >= 11 is 0. The van der Waals surface area contributed by atoms with E-state index in [0.29, 0.717) is 5.92 Å². The maximum Gasteiger partial charge on any atom is 0.209 e. The van der Waals surface area contributed by atoms with E-state index in [0.717, 1.165) is 25.9 Å². The quantitative estimate of drug-likeness (QED) is 0.615. The van der Waals surface area contributed by atoms with Gasteiger partial charge in [-0.15, -0.1) is 0 Å². The van der Waals surface area contributed by atoms with E-state index in [1.807, 2.05) is 22.7 Å². The minimum absolute atomic E-state index is 0.470. The molecular formula is C9H13N3O. The van der Waals surface area contributed by atoms with Crippen molar-refractivity contribution in [3.63, 3.8) is 0 Å². The number of carbonyl (C=O) groups is 1. The number of hydrogen-bond donors (Lipinski definition) is 0. The van der Waals surface area contributed by atoms with Gasteiger partial charge in [0.2, 0.25) is 6.41 Å². The number of hydrogen-bond acceptors (Lipinski definition) is 2. The molecule has 2 rings (SSSR count). The number of rotatable bonds is 2. The second-order valence-electron chi connectivity index (χ2n) is 3.47. The van der Waals surface area contributed by atoms with Gasteiger partial charge in [0, 0.05) is 37.9 Å². The van der Waals surface area contributed by atoms with Crippen molar-refractivity contribution < 1.29 is 4.79 Å². The van der Waals surface area contributed by atoms with Crippen molar-refractivity contribution in [2.45, 2.75) is 12.3 Å². The van der Waals surface area contributed by atoms with Crippen LogP contribution in [-0.2, 0) is 11.8 Å². The van der Waals surface area contributed by atoms with Crippen LogP contribution in [0.3, 0.4) is 0 Å². The number of amides is 1. The molecule has 1 saturated heterocycles. The molecule has 13 heavy (non-hydrogen) atoms. The van der Waals surface area contributed by atoms with E-state index < -0.39 is 0 Å². The Kier molecular flexibility index (Phi) is 2.04. The van der Waals surface area contributed by atoms with Gasteiger partial charge in [0.05, 0.1) is 0 Å². The lowest BCUT2D eigenvalue weighted by molar-refractivity contribution is -0.117. The fourth-order valence-corrected chi connectivity index (χ4v) is 1.91. The van der Waals surface area contributed by atoms with Crippen LogP contribution in [0.2, 0.25) is 0 Å². The number of carbonyl (C=O) groups excluding carboxylic acids is 1. The van der Waals surface area contributed by atoms with Gasteiger partial charge in [-0.25, -0.2) is 0 Å². The van der Waals surface area contributed by atoms with E-state index in [2.05, 4.69) is 5.10 Å². The molecule has 1 aliphatic rings. The molecule has 70 valence electrons. The lowest BCUT2D eigenvalue weighted by Crippen LogP contribution is -2.18. The summed E-state index contributed by atoms with van der Waals surface area (Å²) in [4.78, 5) is 12.3. The van der Waals surface area contributed by atoms with Crippen LogP contribution >= 0.6 is 0 Å². The Morgan fingerprint density at radius 3 is 3.08 bits per heavy atom. The second-order valence-corrected chi connectivity index (χ2v) is 3.47. The molecule has 0 N–H and O–H groups in total. The van der Waals surface area contributed by atoms with Crippen molar-refractivity contribution in [3.05, 3.63) is 18.0 Å². The molecule has 1 unspecified atom stereocenters. The predicted molar refractivity (Wildman–Crippen MR) is 48.2 cm³/mol. The van der Waals surface area contributed by atoms with Gasteiger partial charge in [-0.05, 0) is 12.5 Å². The summed E-state index contributed by atoms with van der Waals surface area (Å²) in [7, 11) is 1.94. The average molecular weight is 179 g/mol. The van der Waals surface area contributed by atoms with Crippen molar-refractivity contribution in [1.82, 2.24) is 14.7 Å². The largest absolute Gasteiger partial charge is 0.345 e. The molecule has 4 heteroatoms. The third-order valence-corrected chi connectivity index (χ3v) is 2.65. The van der Waals surface area contributed by atoms with Gasteiger partial charge in [-0.2, -0.15) is 5.10 Å². The van der Waals surface area contributed by atoms with Crippen LogP contribution in [-0.4, -0.2) is 34.2 Å². The van der Waals surface area contributed by atoms with Gasteiger partial charge in [-0.3, -0.25) is 9.48 Å². The topological polar surface area (TPSA) is 38.1 Å². The van der Waals surface area contributed by atoms with E-state index in [1.54, 1.807) is 6.20 Å². The van der Waals surface area contributed by atoms with Gasteiger partial charge in [0.25, 0.3) is 0 Å². The Hall–Kier alpha value is -1.32. The lowest BCUT2D eigenvalue weighted by Gasteiger charge is -2.10. The first-order valence-electron chi connectivity index (χ1n) is 4.48. The second kappa shape index (κ2) is 3.20. The maximum atomic E-state index is 10.5. The Bertz CT molecular complexity index is 308. The van der Waals surface area contributed by atoms with E-state index >= 15 is 0 Å². The lowest BCUT2D eigenvalue weighted by atomic mass is 10.1. The molecule has 1 atom stereocenters. The highest BCUT2D eigenvalue weighted by atomic mass is 16.1. The summed E-state index contributed by atoms with van der Waals surface area (Å²) < 4.78 is 1.89. The third-order valence-electron chi connectivity index (χ3n) is 2.65. The Balaban J connectivity index is 2.12. The Labute approximate surface area is 77.1 Å². The summed E-state index contributed by atoms with van der Waals surface area (Å²) in [5.41, 5.74) is 1.23. The van der Waals surface area contributed by atoms with Crippen molar-refractivity contribution in [2.24, 2.45) is 7.05 Å². The van der Waals surface area contributed by atoms with E-state index in [-0.39, 0.29) is 0 Å². The monoisotopic (exact) mass is 179 g/mol. The van der Waals surface area contributed by atoms with Crippen LogP contribution in [0.4, 0.5) is 0 Å². The van der Waals surface area contributed by atoms with Crippen LogP contribution in [0.15, 0.2) is 12.3 Å². The summed E-state index contributed by atoms with van der Waals surface area (Å²) in [6, 6.07) is 2.03. The van der Waals surface area contributed by atoms with Gasteiger partial charge < -0.3 is 4.90 Å². The van der Waals surface area contributed by atoms with Gasteiger partial charge >= 0.3 is 0 Å². The normalized spacial score (nSPS) is 22.2. The highest BCUT2D eigenvalue weighted by Crippen LogP contribution is 2.25. The molecule has 0 aromatic carbocycles. The zero-order chi connectivity index (χ0) is 9.26. The van der Waals surface area contributed by atoms with Gasteiger partial charge in [-0.1, -0.05) is 0 Å². The van der Waals surface area contributed by atoms with Crippen LogP contribution in [0.5, 0.6) is 0 Å². The highest BCUT2D eigenvalue weighted by molar-refractivity contribution is 5.48. The van der Waals surface area contributed by atoms with E-state index in [1.165, 1.54) is 5.69 Å². The zero-order valence-corrected chi connectivity index (χ0v) is 7.68. The van der Waals surface area contributed by atoms with Crippen LogP contribution in [0.25, 0.3) is 0 Å². The molecule has 2 heterocycles. The van der Waals surface area contributed by atoms with Crippen LogP contribution < -0.4 is 0 Å². The van der Waals surface area contributed by atoms with Gasteiger partial charge in [0.15, 0.2) is 0 Å². The number of likely N-dealkylation sites (tertiary alicyclic amines) is 1. The maximum absolute atomic E-state index is 10.5. The zero-order valence-electron chi connectivity index (χ0n) is 7.68. The molecule has 1 aromatic rings. The molecule has 4 nitrogen and oxygen atoms in total. The first-order chi connectivity index (χ1) is 6.31. The van der Waals surface area contributed by atoms with Crippen LogP contribution in [0, 0.1) is 0 Å². The molecule has 0 radical (unpaired) electrons. The Morgan fingerprint density at radius 1 is 1.69 bits per heavy atom. The van der Waals surface area contributed by atoms with Crippen molar-refractivity contribution in [3.8, 4) is 0 Å². The standard InChI is InChI=1S/C9H13N3O/c1-11-9(2-4-10-11)8-3-5-12(6-8)7-13/h2,4,7-8H,3,5-6H2,1H3. The summed E-state index contributed by atoms with van der Waals surface area (Å²) in [5, 5.41) is 4.12. The molecule has 1 aromatic heterocycles. The molecular weight excluding hydrogens is 166 g/mol. The highest BCUT2D eigenvalue weighted by Gasteiger charge is 2.24. The molecule has 0 saturated carbocycles. The molecule has 1 amide bonds. The van der Waals surface area contributed by atoms with E-state index in [9.17, 15) is 4.79 Å². The van der Waals surface area contributed by atoms with E-state index in [4.69, 9.17) is 0 Å². The van der Waals surface area contributed by atoms with Crippen molar-refractivity contribution in [1.29, 1.82) is 0 Å². The average Bonchev–Trinajstić information content (AvgIpc) is 2.71. The third kappa shape index (κ3) is 1.43. The fraction of sp³-hybridized carbons (Fsp3) is 0.556. The smallest absolute Gasteiger partial charge is 0.209 e. The SMILES string of the molecule is Cn1nccc1C1CCN(C=O)C1. The molecule has 0 aliphatic carbocycles. The molecule has 1 aliphatic heterocycles. The molecule has 0 bridgehead atoms. The summed E-state index contributed by atoms with van der Waals surface area (Å²) in [6.07, 6.45) is 3.79. The minimum atomic E-state index is 0.470.